The summed E-state index contributed by atoms with van der Waals surface area (Å²) in [4.78, 5) is 28.4. The largest absolute Gasteiger partial charge is 0.352 e. The van der Waals surface area contributed by atoms with Crippen LogP contribution in [0.2, 0.25) is 0 Å². The molecular weight excluding hydrogens is 486 g/mol. The zero-order chi connectivity index (χ0) is 27.0. The summed E-state index contributed by atoms with van der Waals surface area (Å²) in [6.07, 6.45) is 0.751. The Labute approximate surface area is 220 Å². The third-order valence-corrected chi connectivity index (χ3v) is 8.08. The van der Waals surface area contributed by atoms with Crippen LogP contribution in [-0.2, 0) is 26.2 Å². The quantitative estimate of drug-likeness (QED) is 0.402. The average Bonchev–Trinajstić information content (AvgIpc) is 2.91. The molecule has 196 valence electrons. The lowest BCUT2D eigenvalue weighted by Gasteiger charge is -2.32. The Bertz CT molecular complexity index is 1280. The van der Waals surface area contributed by atoms with Crippen molar-refractivity contribution in [2.24, 2.45) is 0 Å². The molecule has 8 heteroatoms. The van der Waals surface area contributed by atoms with Gasteiger partial charge in [0.25, 0.3) is 10.0 Å². The number of anilines is 1. The molecule has 2 atom stereocenters. The molecule has 3 aromatic carbocycles. The Hall–Kier alpha value is -3.65. The van der Waals surface area contributed by atoms with Crippen LogP contribution in [0.4, 0.5) is 5.69 Å². The maximum absolute atomic E-state index is 13.8. The first-order chi connectivity index (χ1) is 17.6. The topological polar surface area (TPSA) is 86.8 Å². The van der Waals surface area contributed by atoms with E-state index in [4.69, 9.17) is 0 Å². The molecule has 3 rings (SSSR count). The highest BCUT2D eigenvalue weighted by atomic mass is 32.2. The smallest absolute Gasteiger partial charge is 0.264 e. The van der Waals surface area contributed by atoms with Crippen LogP contribution in [0.3, 0.4) is 0 Å². The monoisotopic (exact) mass is 521 g/mol. The number of nitrogens with one attached hydrogen (secondary N) is 1. The maximum Gasteiger partial charge on any atom is 0.264 e. The van der Waals surface area contributed by atoms with Crippen molar-refractivity contribution in [2.45, 2.75) is 57.6 Å². The van der Waals surface area contributed by atoms with Crippen molar-refractivity contribution in [3.05, 3.63) is 96.1 Å². The summed E-state index contributed by atoms with van der Waals surface area (Å²) in [5.74, 6) is -0.761. The van der Waals surface area contributed by atoms with E-state index in [0.29, 0.717) is 5.69 Å². The molecule has 1 N–H and O–H groups in total. The minimum absolute atomic E-state index is 0.0504. The first-order valence-electron chi connectivity index (χ1n) is 12.4. The second-order valence-electron chi connectivity index (χ2n) is 9.16. The molecule has 0 saturated carbocycles. The summed E-state index contributed by atoms with van der Waals surface area (Å²) in [7, 11) is -4.04. The van der Waals surface area contributed by atoms with Crippen LogP contribution in [0.25, 0.3) is 0 Å². The van der Waals surface area contributed by atoms with Gasteiger partial charge in [-0.15, -0.1) is 0 Å². The predicted octanol–water partition coefficient (Wildman–Crippen LogP) is 4.52. The molecule has 0 aliphatic rings. The fourth-order valence-electron chi connectivity index (χ4n) is 3.78. The molecular formula is C29H35N3O4S. The highest BCUT2D eigenvalue weighted by molar-refractivity contribution is 7.92. The SMILES string of the molecule is CC[C@@H](C)NC(=O)[C@@H](C)N(Cc1ccc(C)cc1)C(=O)CN(c1ccccc1)S(=O)(=O)c1ccccc1. The van der Waals surface area contributed by atoms with E-state index in [-0.39, 0.29) is 23.4 Å². The van der Waals surface area contributed by atoms with Gasteiger partial charge in [0.05, 0.1) is 10.6 Å². The number of amides is 2. The van der Waals surface area contributed by atoms with Crippen molar-refractivity contribution in [2.75, 3.05) is 10.8 Å². The van der Waals surface area contributed by atoms with E-state index in [1.807, 2.05) is 45.0 Å². The summed E-state index contributed by atoms with van der Waals surface area (Å²) in [5.41, 5.74) is 2.29. The third-order valence-electron chi connectivity index (χ3n) is 6.30. The van der Waals surface area contributed by atoms with E-state index in [1.165, 1.54) is 17.0 Å². The Kier molecular flexibility index (Phi) is 9.47. The van der Waals surface area contributed by atoms with Gasteiger partial charge in [0, 0.05) is 12.6 Å². The molecule has 0 aliphatic heterocycles. The third kappa shape index (κ3) is 7.20. The Morgan fingerprint density at radius 2 is 1.43 bits per heavy atom. The number of hydrogen-bond donors (Lipinski definition) is 1. The van der Waals surface area contributed by atoms with Gasteiger partial charge < -0.3 is 10.2 Å². The number of nitrogens with zero attached hydrogens (tertiary/aromatic N) is 2. The predicted molar refractivity (Wildman–Crippen MR) is 147 cm³/mol. The van der Waals surface area contributed by atoms with Crippen molar-refractivity contribution < 1.29 is 18.0 Å². The van der Waals surface area contributed by atoms with Crippen LogP contribution in [0.5, 0.6) is 0 Å². The molecule has 0 aliphatic carbocycles. The molecule has 0 heterocycles. The molecule has 0 aromatic heterocycles. The maximum atomic E-state index is 13.8. The normalized spacial score (nSPS) is 12.9. The first-order valence-corrected chi connectivity index (χ1v) is 13.9. The van der Waals surface area contributed by atoms with Gasteiger partial charge in [0.15, 0.2) is 0 Å². The molecule has 3 aromatic rings. The first kappa shape index (κ1) is 27.9. The lowest BCUT2D eigenvalue weighted by molar-refractivity contribution is -0.139. The Morgan fingerprint density at radius 3 is 2.00 bits per heavy atom. The standard InChI is InChI=1S/C29H35N3O4S/c1-5-23(3)30-29(34)24(4)31(20-25-18-16-22(2)17-19-25)28(33)21-32(26-12-8-6-9-13-26)37(35,36)27-14-10-7-11-15-27/h6-19,23-24H,5,20-21H2,1-4H3,(H,30,34)/t23-,24-/m1/s1. The van der Waals surface area contributed by atoms with Gasteiger partial charge in [-0.1, -0.05) is 73.2 Å². The van der Waals surface area contributed by atoms with Crippen LogP contribution in [0.15, 0.2) is 89.8 Å². The van der Waals surface area contributed by atoms with Gasteiger partial charge in [0.1, 0.15) is 12.6 Å². The number of carbonyl (C=O) groups excluding carboxylic acids is 2. The van der Waals surface area contributed by atoms with Crippen molar-refractivity contribution in [3.8, 4) is 0 Å². The van der Waals surface area contributed by atoms with Crippen LogP contribution < -0.4 is 9.62 Å². The number of para-hydroxylation sites is 1. The molecule has 0 radical (unpaired) electrons. The lowest BCUT2D eigenvalue weighted by atomic mass is 10.1. The highest BCUT2D eigenvalue weighted by Crippen LogP contribution is 2.24. The number of hydrogen-bond acceptors (Lipinski definition) is 4. The number of sulfonamides is 1. The van der Waals surface area contributed by atoms with Gasteiger partial charge in [-0.2, -0.15) is 0 Å². The summed E-state index contributed by atoms with van der Waals surface area (Å²) in [5, 5.41) is 2.94. The molecule has 7 nitrogen and oxygen atoms in total. The highest BCUT2D eigenvalue weighted by Gasteiger charge is 2.32. The van der Waals surface area contributed by atoms with Crippen LogP contribution >= 0.6 is 0 Å². The summed E-state index contributed by atoms with van der Waals surface area (Å²) >= 11 is 0. The van der Waals surface area contributed by atoms with Gasteiger partial charge in [-0.3, -0.25) is 13.9 Å². The second kappa shape index (κ2) is 12.5. The van der Waals surface area contributed by atoms with E-state index in [2.05, 4.69) is 5.32 Å². The minimum Gasteiger partial charge on any atom is -0.352 e. The second-order valence-corrected chi connectivity index (χ2v) is 11.0. The lowest BCUT2D eigenvalue weighted by Crippen LogP contribution is -2.52. The molecule has 37 heavy (non-hydrogen) atoms. The molecule has 0 bridgehead atoms. The number of carbonyl (C=O) groups is 2. The molecule has 0 spiro atoms. The molecule has 0 unspecified atom stereocenters. The number of rotatable bonds is 11. The van der Waals surface area contributed by atoms with Crippen molar-refractivity contribution in [1.29, 1.82) is 0 Å². The fourth-order valence-corrected chi connectivity index (χ4v) is 5.22. The summed E-state index contributed by atoms with van der Waals surface area (Å²) < 4.78 is 28.4. The van der Waals surface area contributed by atoms with Crippen molar-refractivity contribution >= 4 is 27.5 Å². The van der Waals surface area contributed by atoms with Gasteiger partial charge >= 0.3 is 0 Å². The number of aryl methyl sites for hydroxylation is 1. The van der Waals surface area contributed by atoms with E-state index >= 15 is 0 Å². The van der Waals surface area contributed by atoms with Crippen LogP contribution in [0.1, 0.15) is 38.3 Å². The Morgan fingerprint density at radius 1 is 0.865 bits per heavy atom. The molecule has 0 fully saturated rings. The zero-order valence-electron chi connectivity index (χ0n) is 21.8. The van der Waals surface area contributed by atoms with Crippen molar-refractivity contribution in [3.63, 3.8) is 0 Å². The number of benzene rings is 3. The van der Waals surface area contributed by atoms with Crippen LogP contribution in [-0.4, -0.2) is 43.8 Å². The molecule has 2 amide bonds. The summed E-state index contributed by atoms with van der Waals surface area (Å²) in [6, 6.07) is 23.4. The van der Waals surface area contributed by atoms with E-state index in [0.717, 1.165) is 21.9 Å². The van der Waals surface area contributed by atoms with Crippen molar-refractivity contribution in [1.82, 2.24) is 10.2 Å². The Balaban J connectivity index is 1.98. The van der Waals surface area contributed by atoms with Crippen LogP contribution in [0, 0.1) is 6.92 Å². The zero-order valence-corrected chi connectivity index (χ0v) is 22.6. The molecule has 0 saturated heterocycles. The summed E-state index contributed by atoms with van der Waals surface area (Å²) in [6.45, 7) is 7.23. The van der Waals surface area contributed by atoms with E-state index in [1.54, 1.807) is 55.5 Å². The fraction of sp³-hybridized carbons (Fsp3) is 0.310. The minimum atomic E-state index is -4.04. The van der Waals surface area contributed by atoms with Gasteiger partial charge in [-0.25, -0.2) is 8.42 Å². The van der Waals surface area contributed by atoms with E-state index < -0.39 is 28.5 Å². The van der Waals surface area contributed by atoms with Gasteiger partial charge in [-0.05, 0) is 57.0 Å². The van der Waals surface area contributed by atoms with E-state index in [9.17, 15) is 18.0 Å². The average molecular weight is 522 g/mol. The van der Waals surface area contributed by atoms with Gasteiger partial charge in [0.2, 0.25) is 11.8 Å².